The predicted molar refractivity (Wildman–Crippen MR) is 91.2 cm³/mol. The molecular weight excluding hydrogens is 300 g/mol. The molecule has 1 aliphatic rings. The van der Waals surface area contributed by atoms with Gasteiger partial charge in [0.05, 0.1) is 6.04 Å². The zero-order chi connectivity index (χ0) is 16.7. The van der Waals surface area contributed by atoms with Gasteiger partial charge in [-0.05, 0) is 29.2 Å². The molecule has 24 heavy (non-hydrogen) atoms. The monoisotopic (exact) mass is 318 g/mol. The van der Waals surface area contributed by atoms with Gasteiger partial charge in [-0.15, -0.1) is 0 Å². The van der Waals surface area contributed by atoms with Crippen LogP contribution in [-0.4, -0.2) is 32.6 Å². The molecule has 1 unspecified atom stereocenters. The minimum Gasteiger partial charge on any atom is -0.333 e. The van der Waals surface area contributed by atoms with Gasteiger partial charge < -0.3 is 4.90 Å². The summed E-state index contributed by atoms with van der Waals surface area (Å²) in [5.41, 5.74) is 4.73. The van der Waals surface area contributed by atoms with E-state index in [2.05, 4.69) is 34.3 Å². The smallest absolute Gasteiger partial charge is 0.247 e. The number of fused-ring (bicyclic) bond motifs is 3. The molecule has 0 aliphatic heterocycles. The predicted octanol–water partition coefficient (Wildman–Crippen LogP) is 3.07. The number of hydrogen-bond donors (Lipinski definition) is 0. The Morgan fingerprint density at radius 2 is 1.67 bits per heavy atom. The van der Waals surface area contributed by atoms with Gasteiger partial charge in [0.2, 0.25) is 5.91 Å². The van der Waals surface area contributed by atoms with Crippen molar-refractivity contribution >= 4 is 5.91 Å². The third-order valence-corrected chi connectivity index (χ3v) is 4.73. The van der Waals surface area contributed by atoms with Crippen molar-refractivity contribution in [2.24, 2.45) is 0 Å². The Kier molecular flexibility index (Phi) is 3.41. The van der Waals surface area contributed by atoms with Crippen molar-refractivity contribution in [2.45, 2.75) is 19.0 Å². The SMILES string of the molecule is CC(C(=O)N(C)C1c2ccccc2-c2ccccc21)n1cncn1. The van der Waals surface area contributed by atoms with E-state index in [1.165, 1.54) is 28.6 Å². The maximum Gasteiger partial charge on any atom is 0.247 e. The average molecular weight is 318 g/mol. The van der Waals surface area contributed by atoms with Crippen LogP contribution in [0.25, 0.3) is 11.1 Å². The maximum absolute atomic E-state index is 13.0. The van der Waals surface area contributed by atoms with Crippen molar-refractivity contribution in [1.29, 1.82) is 0 Å². The minimum absolute atomic E-state index is 0.0111. The van der Waals surface area contributed by atoms with Gasteiger partial charge in [-0.3, -0.25) is 4.79 Å². The Labute approximate surface area is 140 Å². The summed E-state index contributed by atoms with van der Waals surface area (Å²) < 4.78 is 1.59. The highest BCUT2D eigenvalue weighted by Crippen LogP contribution is 2.46. The number of rotatable bonds is 3. The molecule has 3 aromatic rings. The van der Waals surface area contributed by atoms with Crippen molar-refractivity contribution in [3.8, 4) is 11.1 Å². The summed E-state index contributed by atoms with van der Waals surface area (Å²) in [7, 11) is 1.86. The lowest BCUT2D eigenvalue weighted by molar-refractivity contribution is -0.134. The molecule has 0 saturated carbocycles. The second-order valence-corrected chi connectivity index (χ2v) is 6.08. The van der Waals surface area contributed by atoms with E-state index >= 15 is 0 Å². The number of nitrogens with zero attached hydrogens (tertiary/aromatic N) is 4. The summed E-state index contributed by atoms with van der Waals surface area (Å²) in [5, 5.41) is 4.09. The van der Waals surface area contributed by atoms with Crippen LogP contribution in [0.15, 0.2) is 61.2 Å². The van der Waals surface area contributed by atoms with E-state index in [1.54, 1.807) is 11.0 Å². The number of carbonyl (C=O) groups is 1. The lowest BCUT2D eigenvalue weighted by Gasteiger charge is -2.29. The fourth-order valence-electron chi connectivity index (χ4n) is 3.50. The average Bonchev–Trinajstić information content (AvgIpc) is 3.26. The summed E-state index contributed by atoms with van der Waals surface area (Å²) in [6, 6.07) is 16.1. The van der Waals surface area contributed by atoms with Crippen molar-refractivity contribution in [1.82, 2.24) is 19.7 Å². The summed E-state index contributed by atoms with van der Waals surface area (Å²) in [4.78, 5) is 18.7. The van der Waals surface area contributed by atoms with Gasteiger partial charge in [-0.1, -0.05) is 48.5 Å². The second kappa shape index (κ2) is 5.60. The van der Waals surface area contributed by atoms with Crippen molar-refractivity contribution in [3.63, 3.8) is 0 Å². The number of aromatic nitrogens is 3. The van der Waals surface area contributed by atoms with Crippen LogP contribution in [0.5, 0.6) is 0 Å². The highest BCUT2D eigenvalue weighted by molar-refractivity contribution is 5.85. The van der Waals surface area contributed by atoms with E-state index in [4.69, 9.17) is 0 Å². The fraction of sp³-hybridized carbons (Fsp3) is 0.211. The number of amides is 1. The molecule has 1 aromatic heterocycles. The molecule has 5 heteroatoms. The third-order valence-electron chi connectivity index (χ3n) is 4.73. The van der Waals surface area contributed by atoms with E-state index in [-0.39, 0.29) is 11.9 Å². The van der Waals surface area contributed by atoms with Crippen molar-refractivity contribution in [2.75, 3.05) is 7.05 Å². The molecule has 0 spiro atoms. The Hall–Kier alpha value is -2.95. The molecule has 0 N–H and O–H groups in total. The molecule has 1 heterocycles. The Morgan fingerprint density at radius 3 is 2.21 bits per heavy atom. The van der Waals surface area contributed by atoms with E-state index in [1.807, 2.05) is 43.1 Å². The number of likely N-dealkylation sites (N-methyl/N-ethyl adjacent to an activating group) is 1. The molecule has 2 aromatic carbocycles. The molecule has 120 valence electrons. The van der Waals surface area contributed by atoms with Crippen molar-refractivity contribution < 1.29 is 4.79 Å². The zero-order valence-corrected chi connectivity index (χ0v) is 13.6. The minimum atomic E-state index is -0.391. The van der Waals surface area contributed by atoms with Gasteiger partial charge in [0.25, 0.3) is 0 Å². The standard InChI is InChI=1S/C19H18N4O/c1-13(23-12-20-11-21-23)19(24)22(2)18-16-9-5-3-7-14(16)15-8-4-6-10-17(15)18/h3-13,18H,1-2H3. The summed E-state index contributed by atoms with van der Waals surface area (Å²) >= 11 is 0. The summed E-state index contributed by atoms with van der Waals surface area (Å²) in [5.74, 6) is 0.0111. The molecule has 4 rings (SSSR count). The van der Waals surface area contributed by atoms with Crippen LogP contribution in [0.3, 0.4) is 0 Å². The lowest BCUT2D eigenvalue weighted by atomic mass is 10.0. The van der Waals surface area contributed by atoms with Crippen LogP contribution >= 0.6 is 0 Å². The van der Waals surface area contributed by atoms with E-state index in [0.29, 0.717) is 0 Å². The second-order valence-electron chi connectivity index (χ2n) is 6.08. The number of hydrogen-bond acceptors (Lipinski definition) is 3. The largest absolute Gasteiger partial charge is 0.333 e. The molecular formula is C19H18N4O. The molecule has 0 saturated heterocycles. The number of benzene rings is 2. The topological polar surface area (TPSA) is 51.0 Å². The first-order chi connectivity index (χ1) is 11.7. The maximum atomic E-state index is 13.0. The highest BCUT2D eigenvalue weighted by atomic mass is 16.2. The first kappa shape index (κ1) is 14.6. The molecule has 1 atom stereocenters. The van der Waals surface area contributed by atoms with Crippen LogP contribution in [0.1, 0.15) is 30.1 Å². The first-order valence-corrected chi connectivity index (χ1v) is 7.97. The molecule has 1 aliphatic carbocycles. The molecule has 5 nitrogen and oxygen atoms in total. The van der Waals surface area contributed by atoms with Crippen LogP contribution in [0.2, 0.25) is 0 Å². The summed E-state index contributed by atoms with van der Waals surface area (Å²) in [6.07, 6.45) is 3.02. The van der Waals surface area contributed by atoms with Crippen LogP contribution < -0.4 is 0 Å². The lowest BCUT2D eigenvalue weighted by Crippen LogP contribution is -2.36. The van der Waals surface area contributed by atoms with Crippen LogP contribution in [-0.2, 0) is 4.79 Å². The van der Waals surface area contributed by atoms with Crippen LogP contribution in [0.4, 0.5) is 0 Å². The Bertz CT molecular complexity index is 842. The highest BCUT2D eigenvalue weighted by Gasteiger charge is 2.34. The van der Waals surface area contributed by atoms with Gasteiger partial charge in [-0.2, -0.15) is 5.10 Å². The van der Waals surface area contributed by atoms with E-state index < -0.39 is 6.04 Å². The molecule has 0 radical (unpaired) electrons. The van der Waals surface area contributed by atoms with Gasteiger partial charge in [0.1, 0.15) is 18.7 Å². The molecule has 0 bridgehead atoms. The quantitative estimate of drug-likeness (QED) is 0.746. The molecule has 1 amide bonds. The third kappa shape index (κ3) is 2.12. The molecule has 0 fully saturated rings. The van der Waals surface area contributed by atoms with E-state index in [9.17, 15) is 4.79 Å². The Morgan fingerprint density at radius 1 is 1.08 bits per heavy atom. The normalized spacial score (nSPS) is 14.1. The van der Waals surface area contributed by atoms with Gasteiger partial charge in [-0.25, -0.2) is 9.67 Å². The van der Waals surface area contributed by atoms with Gasteiger partial charge >= 0.3 is 0 Å². The first-order valence-electron chi connectivity index (χ1n) is 7.97. The van der Waals surface area contributed by atoms with Gasteiger partial charge in [0, 0.05) is 7.05 Å². The van der Waals surface area contributed by atoms with Crippen LogP contribution in [0, 0.1) is 0 Å². The van der Waals surface area contributed by atoms with E-state index in [0.717, 1.165) is 0 Å². The summed E-state index contributed by atoms with van der Waals surface area (Å²) in [6.45, 7) is 1.85. The Balaban J connectivity index is 1.74. The van der Waals surface area contributed by atoms with Crippen molar-refractivity contribution in [3.05, 3.63) is 72.3 Å². The fourth-order valence-corrected chi connectivity index (χ4v) is 3.50. The number of carbonyl (C=O) groups excluding carboxylic acids is 1. The zero-order valence-electron chi connectivity index (χ0n) is 13.6. The van der Waals surface area contributed by atoms with Gasteiger partial charge in [0.15, 0.2) is 0 Å².